The molecule has 0 spiro atoms. The number of quaternary nitrogens is 1. The molecule has 0 bridgehead atoms. The first-order valence-corrected chi connectivity index (χ1v) is 5.43. The Hall–Kier alpha value is -0.0800. The SMILES string of the molecule is CC[N+](CC)(CC)CC.CN(C)C. The van der Waals surface area contributed by atoms with E-state index in [2.05, 4.69) is 27.7 Å². The van der Waals surface area contributed by atoms with E-state index in [9.17, 15) is 0 Å². The second kappa shape index (κ2) is 8.52. The van der Waals surface area contributed by atoms with Crippen molar-refractivity contribution in [2.75, 3.05) is 47.3 Å². The highest BCUT2D eigenvalue weighted by Gasteiger charge is 2.16. The van der Waals surface area contributed by atoms with Gasteiger partial charge in [0.2, 0.25) is 0 Å². The van der Waals surface area contributed by atoms with Crippen LogP contribution in [0, 0.1) is 0 Å². The molecule has 2 nitrogen and oxygen atoms in total. The first-order valence-electron chi connectivity index (χ1n) is 5.43. The van der Waals surface area contributed by atoms with Gasteiger partial charge in [-0.25, -0.2) is 0 Å². The van der Waals surface area contributed by atoms with Gasteiger partial charge in [-0.15, -0.1) is 0 Å². The van der Waals surface area contributed by atoms with Crippen molar-refractivity contribution in [3.8, 4) is 0 Å². The predicted molar refractivity (Wildman–Crippen MR) is 62.0 cm³/mol. The highest BCUT2D eigenvalue weighted by atomic mass is 15.3. The topological polar surface area (TPSA) is 3.24 Å². The van der Waals surface area contributed by atoms with Crippen molar-refractivity contribution in [1.82, 2.24) is 4.90 Å². The van der Waals surface area contributed by atoms with Crippen LogP contribution in [0.2, 0.25) is 0 Å². The molecule has 0 saturated carbocycles. The summed E-state index contributed by atoms with van der Waals surface area (Å²) in [6, 6.07) is 0. The second-order valence-electron chi connectivity index (χ2n) is 3.95. The first kappa shape index (κ1) is 15.4. The maximum Gasteiger partial charge on any atom is 0.0757 e. The summed E-state index contributed by atoms with van der Waals surface area (Å²) in [4.78, 5) is 2.00. The maximum atomic E-state index is 2.27. The normalized spacial score (nSPS) is 11.1. The molecule has 0 aliphatic rings. The summed E-state index contributed by atoms with van der Waals surface area (Å²) in [5, 5.41) is 0. The van der Waals surface area contributed by atoms with Gasteiger partial charge in [-0.1, -0.05) is 0 Å². The number of hydrogen-bond acceptors (Lipinski definition) is 1. The smallest absolute Gasteiger partial charge is 0.0757 e. The lowest BCUT2D eigenvalue weighted by atomic mass is 10.3. The zero-order valence-corrected chi connectivity index (χ0v) is 10.7. The summed E-state index contributed by atoms with van der Waals surface area (Å²) in [5.74, 6) is 0. The standard InChI is InChI=1S/C8H20N.C3H9N/c1-5-9(6-2,7-3)8-4;1-4(2)3/h5-8H2,1-4H3;1-3H3/q+1;. The Morgan fingerprint density at radius 3 is 0.846 bits per heavy atom. The van der Waals surface area contributed by atoms with Crippen LogP contribution in [0.15, 0.2) is 0 Å². The summed E-state index contributed by atoms with van der Waals surface area (Å²) in [6.45, 7) is 14.2. The van der Waals surface area contributed by atoms with Crippen molar-refractivity contribution in [2.45, 2.75) is 27.7 Å². The molecular weight excluding hydrogens is 160 g/mol. The molecule has 0 aliphatic carbocycles. The third kappa shape index (κ3) is 8.26. The molecule has 0 aromatic carbocycles. The van der Waals surface area contributed by atoms with Crippen LogP contribution in [0.1, 0.15) is 27.7 Å². The fourth-order valence-electron chi connectivity index (χ4n) is 1.34. The third-order valence-electron chi connectivity index (χ3n) is 2.68. The average molecular weight is 189 g/mol. The summed E-state index contributed by atoms with van der Waals surface area (Å²) < 4.78 is 1.28. The highest BCUT2D eigenvalue weighted by molar-refractivity contribution is 4.31. The maximum absolute atomic E-state index is 2.27. The van der Waals surface area contributed by atoms with Crippen molar-refractivity contribution in [1.29, 1.82) is 0 Å². The minimum Gasteiger partial charge on any atom is -0.325 e. The van der Waals surface area contributed by atoms with Gasteiger partial charge in [0.25, 0.3) is 0 Å². The molecule has 0 heterocycles. The van der Waals surface area contributed by atoms with Crippen LogP contribution < -0.4 is 0 Å². The molecule has 0 radical (unpaired) electrons. The molecule has 0 fully saturated rings. The van der Waals surface area contributed by atoms with E-state index in [1.54, 1.807) is 0 Å². The van der Waals surface area contributed by atoms with Gasteiger partial charge in [-0.2, -0.15) is 0 Å². The van der Waals surface area contributed by atoms with E-state index in [1.807, 2.05) is 26.0 Å². The van der Waals surface area contributed by atoms with Crippen molar-refractivity contribution < 1.29 is 4.48 Å². The fourth-order valence-corrected chi connectivity index (χ4v) is 1.34. The Morgan fingerprint density at radius 1 is 0.692 bits per heavy atom. The Bertz CT molecular complexity index is 76.0. The molecule has 0 unspecified atom stereocenters. The van der Waals surface area contributed by atoms with Crippen molar-refractivity contribution >= 4 is 0 Å². The molecule has 0 atom stereocenters. The minimum absolute atomic E-state index is 1.28. The van der Waals surface area contributed by atoms with E-state index in [4.69, 9.17) is 0 Å². The average Bonchev–Trinajstić information content (AvgIpc) is 2.09. The van der Waals surface area contributed by atoms with Crippen molar-refractivity contribution in [2.24, 2.45) is 0 Å². The van der Waals surface area contributed by atoms with E-state index in [0.29, 0.717) is 0 Å². The van der Waals surface area contributed by atoms with Crippen LogP contribution in [0.4, 0.5) is 0 Å². The Morgan fingerprint density at radius 2 is 0.846 bits per heavy atom. The molecule has 0 saturated heterocycles. The van der Waals surface area contributed by atoms with Gasteiger partial charge >= 0.3 is 0 Å². The van der Waals surface area contributed by atoms with Gasteiger partial charge in [0.15, 0.2) is 0 Å². The first-order chi connectivity index (χ1) is 5.97. The number of nitrogens with zero attached hydrogens (tertiary/aromatic N) is 2. The quantitative estimate of drug-likeness (QED) is 0.612. The summed E-state index contributed by atoms with van der Waals surface area (Å²) in [7, 11) is 6.00. The summed E-state index contributed by atoms with van der Waals surface area (Å²) in [5.41, 5.74) is 0. The fraction of sp³-hybridized carbons (Fsp3) is 1.00. The highest BCUT2D eigenvalue weighted by Crippen LogP contribution is 2.03. The third-order valence-corrected chi connectivity index (χ3v) is 2.68. The van der Waals surface area contributed by atoms with Crippen LogP contribution in [-0.4, -0.2) is 56.7 Å². The minimum atomic E-state index is 1.28. The van der Waals surface area contributed by atoms with Crippen molar-refractivity contribution in [3.63, 3.8) is 0 Å². The van der Waals surface area contributed by atoms with Gasteiger partial charge in [0.05, 0.1) is 26.2 Å². The molecule has 13 heavy (non-hydrogen) atoms. The Kier molecular flexibility index (Phi) is 10.1. The van der Waals surface area contributed by atoms with E-state index in [-0.39, 0.29) is 0 Å². The van der Waals surface area contributed by atoms with Gasteiger partial charge in [-0.05, 0) is 48.8 Å². The van der Waals surface area contributed by atoms with E-state index in [1.165, 1.54) is 30.7 Å². The van der Waals surface area contributed by atoms with Crippen LogP contribution >= 0.6 is 0 Å². The monoisotopic (exact) mass is 189 g/mol. The Balaban J connectivity index is 0. The van der Waals surface area contributed by atoms with Gasteiger partial charge in [-0.3, -0.25) is 0 Å². The van der Waals surface area contributed by atoms with Crippen LogP contribution in [0.3, 0.4) is 0 Å². The summed E-state index contributed by atoms with van der Waals surface area (Å²) in [6.07, 6.45) is 0. The van der Waals surface area contributed by atoms with Crippen LogP contribution in [0.25, 0.3) is 0 Å². The lowest BCUT2D eigenvalue weighted by Crippen LogP contribution is -2.47. The molecule has 82 valence electrons. The summed E-state index contributed by atoms with van der Waals surface area (Å²) >= 11 is 0. The lowest BCUT2D eigenvalue weighted by Gasteiger charge is -2.34. The molecule has 0 N–H and O–H groups in total. The van der Waals surface area contributed by atoms with E-state index in [0.717, 1.165) is 0 Å². The predicted octanol–water partition coefficient (Wildman–Crippen LogP) is 2.06. The van der Waals surface area contributed by atoms with Crippen molar-refractivity contribution in [3.05, 3.63) is 0 Å². The van der Waals surface area contributed by atoms with Gasteiger partial charge in [0, 0.05) is 0 Å². The molecule has 0 amide bonds. The lowest BCUT2D eigenvalue weighted by molar-refractivity contribution is -0.921. The van der Waals surface area contributed by atoms with Gasteiger partial charge < -0.3 is 9.38 Å². The molecule has 0 aliphatic heterocycles. The zero-order chi connectivity index (χ0) is 10.9. The Labute approximate surface area is 85.1 Å². The molecule has 0 aromatic rings. The van der Waals surface area contributed by atoms with E-state index >= 15 is 0 Å². The molecule has 2 heteroatoms. The van der Waals surface area contributed by atoms with Gasteiger partial charge in [0.1, 0.15) is 0 Å². The van der Waals surface area contributed by atoms with E-state index < -0.39 is 0 Å². The molecule has 0 aromatic heterocycles. The molecule has 0 rings (SSSR count). The second-order valence-corrected chi connectivity index (χ2v) is 3.95. The molecular formula is C11H29N2+. The largest absolute Gasteiger partial charge is 0.325 e. The number of rotatable bonds is 4. The van der Waals surface area contributed by atoms with Crippen LogP contribution in [0.5, 0.6) is 0 Å². The van der Waals surface area contributed by atoms with Crippen LogP contribution in [-0.2, 0) is 0 Å². The zero-order valence-electron chi connectivity index (χ0n) is 10.7. The number of hydrogen-bond donors (Lipinski definition) is 0.